The molecule has 0 aliphatic heterocycles. The molecule has 0 saturated heterocycles. The number of aromatic nitrogens is 4. The van der Waals surface area contributed by atoms with E-state index < -0.39 is 0 Å². The van der Waals surface area contributed by atoms with Crippen molar-refractivity contribution in [3.05, 3.63) is 72.1 Å². The maximum absolute atomic E-state index is 6.42. The second-order valence-electron chi connectivity index (χ2n) is 7.83. The van der Waals surface area contributed by atoms with Crippen molar-refractivity contribution >= 4 is 28.5 Å². The average molecular weight is 500 g/mol. The molecule has 3 aromatic heterocycles. The van der Waals surface area contributed by atoms with E-state index in [1.807, 2.05) is 54.6 Å². The summed E-state index contributed by atoms with van der Waals surface area (Å²) in [5.74, 6) is 2.11. The fourth-order valence-corrected chi connectivity index (χ4v) is 4.34. The number of fused-ring (bicyclic) bond motifs is 1. The molecule has 2 N–H and O–H groups in total. The van der Waals surface area contributed by atoms with Crippen LogP contribution in [0.25, 0.3) is 44.7 Å². The molecule has 2 aromatic carbocycles. The van der Waals surface area contributed by atoms with Crippen LogP contribution in [0.3, 0.4) is 0 Å². The number of benzene rings is 2. The van der Waals surface area contributed by atoms with Crippen LogP contribution in [0.4, 0.5) is 5.82 Å². The summed E-state index contributed by atoms with van der Waals surface area (Å²) in [7, 11) is 4.78. The van der Waals surface area contributed by atoms with Gasteiger partial charge in [0.2, 0.25) is 0 Å². The van der Waals surface area contributed by atoms with Crippen molar-refractivity contribution in [2.24, 2.45) is 0 Å². The highest BCUT2D eigenvalue weighted by atomic mass is 35.5. The van der Waals surface area contributed by atoms with Crippen LogP contribution in [-0.2, 0) is 0 Å². The summed E-state index contributed by atoms with van der Waals surface area (Å²) in [6, 6.07) is 16.9. The summed E-state index contributed by atoms with van der Waals surface area (Å²) in [5.41, 5.74) is 11.3. The van der Waals surface area contributed by atoms with Crippen molar-refractivity contribution in [3.63, 3.8) is 0 Å². The quantitative estimate of drug-likeness (QED) is 0.318. The monoisotopic (exact) mass is 499 g/mol. The van der Waals surface area contributed by atoms with E-state index in [9.17, 15) is 0 Å². The molecule has 0 radical (unpaired) electrons. The number of pyridine rings is 2. The van der Waals surface area contributed by atoms with Gasteiger partial charge in [0.25, 0.3) is 0 Å². The van der Waals surface area contributed by atoms with E-state index >= 15 is 0 Å². The number of nitrogen functional groups attached to an aromatic ring is 1. The molecule has 0 bridgehead atoms. The van der Waals surface area contributed by atoms with Gasteiger partial charge in [-0.2, -0.15) is 0 Å². The minimum Gasteiger partial charge on any atom is -0.495 e. The van der Waals surface area contributed by atoms with Gasteiger partial charge in [0.15, 0.2) is 17.1 Å². The lowest BCUT2D eigenvalue weighted by Crippen LogP contribution is -2.03. The minimum atomic E-state index is 0.304. The van der Waals surface area contributed by atoms with E-state index in [4.69, 9.17) is 36.5 Å². The van der Waals surface area contributed by atoms with Gasteiger partial charge in [0.1, 0.15) is 17.9 Å². The topological polar surface area (TPSA) is 105 Å². The molecule has 5 rings (SSSR count). The zero-order chi connectivity index (χ0) is 25.2. The van der Waals surface area contributed by atoms with Gasteiger partial charge in [-0.05, 0) is 47.5 Å². The summed E-state index contributed by atoms with van der Waals surface area (Å²) in [4.78, 5) is 18.2. The molecule has 9 heteroatoms. The molecule has 3 heterocycles. The Morgan fingerprint density at radius 1 is 0.778 bits per heavy atom. The summed E-state index contributed by atoms with van der Waals surface area (Å²) >= 11 is 6.42. The van der Waals surface area contributed by atoms with E-state index in [1.54, 1.807) is 27.5 Å². The van der Waals surface area contributed by atoms with Crippen LogP contribution in [0.5, 0.6) is 17.2 Å². The fourth-order valence-electron chi connectivity index (χ4n) is 4.15. The number of nitrogens with two attached hydrogens (primary N) is 1. The number of hydrogen-bond donors (Lipinski definition) is 1. The molecule has 0 amide bonds. The van der Waals surface area contributed by atoms with Gasteiger partial charge in [-0.15, -0.1) is 0 Å². The second kappa shape index (κ2) is 9.67. The Bertz CT molecular complexity index is 1570. The summed E-state index contributed by atoms with van der Waals surface area (Å²) in [6.07, 6.45) is 3.04. The predicted octanol–water partition coefficient (Wildman–Crippen LogP) is 5.68. The maximum atomic E-state index is 6.42. The zero-order valence-corrected chi connectivity index (χ0v) is 20.6. The molecular formula is C27H22ClN5O3. The number of rotatable bonds is 6. The second-order valence-corrected chi connectivity index (χ2v) is 8.27. The summed E-state index contributed by atoms with van der Waals surface area (Å²) in [5, 5.41) is 1.19. The Balaban J connectivity index is 1.95. The number of halogens is 1. The highest BCUT2D eigenvalue weighted by Gasteiger charge is 2.24. The van der Waals surface area contributed by atoms with Crippen LogP contribution < -0.4 is 19.9 Å². The molecule has 0 atom stereocenters. The van der Waals surface area contributed by atoms with Gasteiger partial charge < -0.3 is 19.9 Å². The molecule has 8 nitrogen and oxygen atoms in total. The van der Waals surface area contributed by atoms with E-state index in [0.29, 0.717) is 50.5 Å². The van der Waals surface area contributed by atoms with Crippen molar-refractivity contribution in [2.45, 2.75) is 0 Å². The predicted molar refractivity (Wildman–Crippen MR) is 141 cm³/mol. The molecule has 0 spiro atoms. The van der Waals surface area contributed by atoms with Crippen LogP contribution in [-0.4, -0.2) is 41.3 Å². The number of nitrogens with zero attached hydrogens (tertiary/aromatic N) is 4. The first-order chi connectivity index (χ1) is 17.5. The van der Waals surface area contributed by atoms with Crippen molar-refractivity contribution in [1.29, 1.82) is 0 Å². The molecule has 0 saturated carbocycles. The first kappa shape index (κ1) is 23.3. The standard InChI is InChI=1S/C27H22ClN5O3/c1-34-18-8-9-19(30-13-18)25-23(16-7-10-20(35-2)21(12-16)36-3)22(15-5-4-6-17(28)11-15)24-26(29)31-14-32-27(24)33-25/h4-14H,1-3H3,(H2,29,31,32,33). The highest BCUT2D eigenvalue weighted by molar-refractivity contribution is 6.31. The average Bonchev–Trinajstić information content (AvgIpc) is 2.92. The van der Waals surface area contributed by atoms with Gasteiger partial charge in [0, 0.05) is 16.1 Å². The van der Waals surface area contributed by atoms with Gasteiger partial charge in [-0.1, -0.05) is 29.8 Å². The third-order valence-corrected chi connectivity index (χ3v) is 6.05. The third kappa shape index (κ3) is 4.12. The van der Waals surface area contributed by atoms with Crippen molar-refractivity contribution in [2.75, 3.05) is 27.1 Å². The lowest BCUT2D eigenvalue weighted by atomic mass is 9.89. The van der Waals surface area contributed by atoms with Crippen LogP contribution in [0.2, 0.25) is 5.02 Å². The molecule has 0 unspecified atom stereocenters. The molecule has 36 heavy (non-hydrogen) atoms. The lowest BCUT2D eigenvalue weighted by molar-refractivity contribution is 0.355. The first-order valence-electron chi connectivity index (χ1n) is 11.0. The zero-order valence-electron chi connectivity index (χ0n) is 19.8. The maximum Gasteiger partial charge on any atom is 0.165 e. The number of hydrogen-bond acceptors (Lipinski definition) is 8. The highest BCUT2D eigenvalue weighted by Crippen LogP contribution is 2.45. The smallest absolute Gasteiger partial charge is 0.165 e. The fraction of sp³-hybridized carbons (Fsp3) is 0.111. The molecule has 0 fully saturated rings. The number of methoxy groups -OCH3 is 3. The van der Waals surface area contributed by atoms with E-state index in [1.165, 1.54) is 6.33 Å². The largest absolute Gasteiger partial charge is 0.495 e. The van der Waals surface area contributed by atoms with Gasteiger partial charge in [-0.3, -0.25) is 4.98 Å². The van der Waals surface area contributed by atoms with E-state index in [-0.39, 0.29) is 0 Å². The van der Waals surface area contributed by atoms with Gasteiger partial charge in [-0.25, -0.2) is 15.0 Å². The Labute approximate surface area is 212 Å². The van der Waals surface area contributed by atoms with E-state index in [2.05, 4.69) is 15.0 Å². The molecule has 0 aliphatic carbocycles. The third-order valence-electron chi connectivity index (χ3n) is 5.81. The number of ether oxygens (including phenoxy) is 3. The summed E-state index contributed by atoms with van der Waals surface area (Å²) in [6.45, 7) is 0. The number of anilines is 1. The van der Waals surface area contributed by atoms with Crippen LogP contribution in [0.1, 0.15) is 0 Å². The van der Waals surface area contributed by atoms with Crippen molar-refractivity contribution in [1.82, 2.24) is 19.9 Å². The summed E-state index contributed by atoms with van der Waals surface area (Å²) < 4.78 is 16.4. The van der Waals surface area contributed by atoms with E-state index in [0.717, 1.165) is 22.3 Å². The van der Waals surface area contributed by atoms with Crippen LogP contribution >= 0.6 is 11.6 Å². The van der Waals surface area contributed by atoms with Crippen LogP contribution in [0, 0.1) is 0 Å². The van der Waals surface area contributed by atoms with Crippen molar-refractivity contribution < 1.29 is 14.2 Å². The SMILES string of the molecule is COc1ccc(-c2nc3ncnc(N)c3c(-c3cccc(Cl)c3)c2-c2ccc(OC)c(OC)c2)nc1. The normalized spacial score (nSPS) is 10.9. The van der Waals surface area contributed by atoms with Gasteiger partial charge in [0.05, 0.1) is 44.3 Å². The Morgan fingerprint density at radius 3 is 2.28 bits per heavy atom. The lowest BCUT2D eigenvalue weighted by Gasteiger charge is -2.19. The van der Waals surface area contributed by atoms with Crippen molar-refractivity contribution in [3.8, 4) is 50.9 Å². The van der Waals surface area contributed by atoms with Crippen LogP contribution in [0.15, 0.2) is 67.1 Å². The first-order valence-corrected chi connectivity index (χ1v) is 11.3. The molecule has 0 aliphatic rings. The minimum absolute atomic E-state index is 0.304. The molecule has 5 aromatic rings. The molecular weight excluding hydrogens is 478 g/mol. The van der Waals surface area contributed by atoms with Gasteiger partial charge >= 0.3 is 0 Å². The molecule has 180 valence electrons. The Kier molecular flexibility index (Phi) is 6.26. The Hall–Kier alpha value is -4.43. The Morgan fingerprint density at radius 2 is 1.58 bits per heavy atom.